The van der Waals surface area contributed by atoms with Crippen molar-refractivity contribution in [2.75, 3.05) is 11.1 Å². The minimum Gasteiger partial charge on any atom is -0.397 e. The average Bonchev–Trinajstić information content (AvgIpc) is 2.50. The van der Waals surface area contributed by atoms with Crippen molar-refractivity contribution in [3.8, 4) is 0 Å². The summed E-state index contributed by atoms with van der Waals surface area (Å²) in [4.78, 5) is 4.31. The Bertz CT molecular complexity index is 786. The summed E-state index contributed by atoms with van der Waals surface area (Å²) in [5.74, 6) is -0.231. The van der Waals surface area contributed by atoms with Gasteiger partial charge in [0.1, 0.15) is 5.82 Å². The van der Waals surface area contributed by atoms with Crippen molar-refractivity contribution in [3.05, 3.63) is 66.1 Å². The highest BCUT2D eigenvalue weighted by Gasteiger charge is 2.10. The van der Waals surface area contributed by atoms with Gasteiger partial charge in [-0.05, 0) is 48.9 Å². The van der Waals surface area contributed by atoms with Gasteiger partial charge >= 0.3 is 0 Å². The van der Waals surface area contributed by atoms with Crippen LogP contribution >= 0.6 is 0 Å². The van der Waals surface area contributed by atoms with E-state index in [9.17, 15) is 4.39 Å². The maximum absolute atomic E-state index is 13.3. The zero-order valence-electron chi connectivity index (χ0n) is 11.7. The molecule has 3 rings (SSSR count). The number of anilines is 2. The van der Waals surface area contributed by atoms with Crippen LogP contribution in [0.5, 0.6) is 0 Å². The third kappa shape index (κ3) is 2.65. The van der Waals surface area contributed by atoms with Crippen molar-refractivity contribution in [2.24, 2.45) is 0 Å². The number of benzene rings is 2. The lowest BCUT2D eigenvalue weighted by Crippen LogP contribution is -2.07. The first-order valence-corrected chi connectivity index (χ1v) is 6.80. The van der Waals surface area contributed by atoms with Crippen molar-refractivity contribution >= 4 is 22.3 Å². The quantitative estimate of drug-likeness (QED) is 0.710. The molecule has 0 saturated carbocycles. The molecule has 3 aromatic rings. The molecule has 1 aromatic heterocycles. The van der Waals surface area contributed by atoms with Gasteiger partial charge in [-0.15, -0.1) is 0 Å². The summed E-state index contributed by atoms with van der Waals surface area (Å²) >= 11 is 0. The molecule has 0 radical (unpaired) electrons. The number of rotatable bonds is 3. The Morgan fingerprint density at radius 2 is 2.00 bits per heavy atom. The summed E-state index contributed by atoms with van der Waals surface area (Å²) in [7, 11) is 0. The van der Waals surface area contributed by atoms with Crippen molar-refractivity contribution < 1.29 is 4.39 Å². The highest BCUT2D eigenvalue weighted by molar-refractivity contribution is 5.98. The fourth-order valence-electron chi connectivity index (χ4n) is 2.41. The van der Waals surface area contributed by atoms with E-state index < -0.39 is 0 Å². The van der Waals surface area contributed by atoms with Crippen LogP contribution in [0.2, 0.25) is 0 Å². The van der Waals surface area contributed by atoms with Crippen LogP contribution < -0.4 is 11.1 Å². The van der Waals surface area contributed by atoms with Gasteiger partial charge < -0.3 is 11.1 Å². The molecule has 3 nitrogen and oxygen atoms in total. The van der Waals surface area contributed by atoms with E-state index in [2.05, 4.69) is 10.3 Å². The first-order chi connectivity index (χ1) is 10.1. The number of nitrogen functional groups attached to an aromatic ring is 1. The number of nitrogens with two attached hydrogens (primary N) is 1. The highest BCUT2D eigenvalue weighted by Crippen LogP contribution is 2.29. The Labute approximate surface area is 122 Å². The van der Waals surface area contributed by atoms with Gasteiger partial charge in [-0.2, -0.15) is 0 Å². The summed E-state index contributed by atoms with van der Waals surface area (Å²) < 4.78 is 13.3. The van der Waals surface area contributed by atoms with E-state index in [-0.39, 0.29) is 11.9 Å². The number of pyridine rings is 1. The topological polar surface area (TPSA) is 50.9 Å². The third-order valence-corrected chi connectivity index (χ3v) is 3.52. The second kappa shape index (κ2) is 5.40. The fraction of sp³-hybridized carbons (Fsp3) is 0.118. The molecule has 0 aliphatic heterocycles. The second-order valence-electron chi connectivity index (χ2n) is 5.02. The normalized spacial score (nSPS) is 12.3. The lowest BCUT2D eigenvalue weighted by atomic mass is 10.1. The molecule has 1 unspecified atom stereocenters. The monoisotopic (exact) mass is 281 g/mol. The van der Waals surface area contributed by atoms with Crippen LogP contribution in [0.3, 0.4) is 0 Å². The lowest BCUT2D eigenvalue weighted by molar-refractivity contribution is 0.623. The van der Waals surface area contributed by atoms with Gasteiger partial charge in [-0.1, -0.05) is 12.1 Å². The van der Waals surface area contributed by atoms with Gasteiger partial charge in [0.2, 0.25) is 0 Å². The van der Waals surface area contributed by atoms with E-state index >= 15 is 0 Å². The van der Waals surface area contributed by atoms with Crippen LogP contribution in [0.1, 0.15) is 18.5 Å². The van der Waals surface area contributed by atoms with Crippen LogP contribution in [0, 0.1) is 5.82 Å². The van der Waals surface area contributed by atoms with Gasteiger partial charge in [0.15, 0.2) is 0 Å². The molecule has 0 saturated heterocycles. The van der Waals surface area contributed by atoms with Gasteiger partial charge in [-0.25, -0.2) is 4.39 Å². The smallest absolute Gasteiger partial charge is 0.123 e. The number of hydrogen-bond acceptors (Lipinski definition) is 3. The summed E-state index contributed by atoms with van der Waals surface area (Å²) in [6.07, 6.45) is 1.72. The molecule has 1 heterocycles. The first-order valence-electron chi connectivity index (χ1n) is 6.80. The molecule has 21 heavy (non-hydrogen) atoms. The van der Waals surface area contributed by atoms with Gasteiger partial charge in [0.05, 0.1) is 11.2 Å². The standard InChI is InChI=1S/C17H16FN3/c1-11(12-4-2-5-13(18)10-12)21-16-8-7-15(19)17-14(16)6-3-9-20-17/h2-11,21H,19H2,1H3. The molecule has 0 aliphatic carbocycles. The summed E-state index contributed by atoms with van der Waals surface area (Å²) in [5, 5.41) is 4.35. The predicted molar refractivity (Wildman–Crippen MR) is 84.6 cm³/mol. The molecule has 0 spiro atoms. The Balaban J connectivity index is 1.97. The van der Waals surface area contributed by atoms with E-state index in [4.69, 9.17) is 5.73 Å². The molecule has 106 valence electrons. The van der Waals surface area contributed by atoms with Crippen LogP contribution in [0.15, 0.2) is 54.7 Å². The maximum Gasteiger partial charge on any atom is 0.123 e. The number of nitrogens with one attached hydrogen (secondary N) is 1. The summed E-state index contributed by atoms with van der Waals surface area (Å²) in [6, 6.07) is 14.2. The van der Waals surface area contributed by atoms with E-state index in [1.54, 1.807) is 12.3 Å². The molecule has 0 fully saturated rings. The summed E-state index contributed by atoms with van der Waals surface area (Å²) in [6.45, 7) is 1.99. The van der Waals surface area contributed by atoms with Crippen molar-refractivity contribution in [1.82, 2.24) is 4.98 Å². The second-order valence-corrected chi connectivity index (χ2v) is 5.02. The first kappa shape index (κ1) is 13.4. The van der Waals surface area contributed by atoms with Gasteiger partial charge in [-0.3, -0.25) is 4.98 Å². The fourth-order valence-corrected chi connectivity index (χ4v) is 2.41. The largest absolute Gasteiger partial charge is 0.397 e. The predicted octanol–water partition coefficient (Wildman–Crippen LogP) is 4.13. The van der Waals surface area contributed by atoms with Crippen molar-refractivity contribution in [2.45, 2.75) is 13.0 Å². The van der Waals surface area contributed by atoms with Crippen LogP contribution in [0.4, 0.5) is 15.8 Å². The number of aromatic nitrogens is 1. The summed E-state index contributed by atoms with van der Waals surface area (Å²) in [5.41, 5.74) is 9.19. The molecule has 0 aliphatic rings. The van der Waals surface area contributed by atoms with Gasteiger partial charge in [0, 0.05) is 23.3 Å². The highest BCUT2D eigenvalue weighted by atomic mass is 19.1. The van der Waals surface area contributed by atoms with Crippen LogP contribution in [-0.4, -0.2) is 4.98 Å². The zero-order valence-corrected chi connectivity index (χ0v) is 11.7. The molecule has 0 bridgehead atoms. The minimum absolute atomic E-state index is 0.0206. The van der Waals surface area contributed by atoms with Crippen LogP contribution in [0.25, 0.3) is 10.9 Å². The molecule has 0 amide bonds. The number of hydrogen-bond donors (Lipinski definition) is 2. The molecular weight excluding hydrogens is 265 g/mol. The van der Waals surface area contributed by atoms with Crippen LogP contribution in [-0.2, 0) is 0 Å². The van der Waals surface area contributed by atoms with Gasteiger partial charge in [0.25, 0.3) is 0 Å². The molecular formula is C17H16FN3. The zero-order chi connectivity index (χ0) is 14.8. The molecule has 3 N–H and O–H groups in total. The average molecular weight is 281 g/mol. The maximum atomic E-state index is 13.3. The minimum atomic E-state index is -0.231. The molecule has 2 aromatic carbocycles. The lowest BCUT2D eigenvalue weighted by Gasteiger charge is -2.17. The number of halogens is 1. The molecule has 4 heteroatoms. The Kier molecular flexibility index (Phi) is 3.44. The third-order valence-electron chi connectivity index (χ3n) is 3.52. The van der Waals surface area contributed by atoms with E-state index in [1.165, 1.54) is 12.1 Å². The Morgan fingerprint density at radius 1 is 1.14 bits per heavy atom. The number of fused-ring (bicyclic) bond motifs is 1. The SMILES string of the molecule is CC(Nc1ccc(N)c2ncccc12)c1cccc(F)c1. The number of nitrogens with zero attached hydrogens (tertiary/aromatic N) is 1. The van der Waals surface area contributed by atoms with E-state index in [0.717, 1.165) is 22.2 Å². The molecule has 1 atom stereocenters. The Morgan fingerprint density at radius 3 is 2.81 bits per heavy atom. The van der Waals surface area contributed by atoms with Crippen molar-refractivity contribution in [3.63, 3.8) is 0 Å². The van der Waals surface area contributed by atoms with E-state index in [1.807, 2.05) is 37.3 Å². The van der Waals surface area contributed by atoms with E-state index in [0.29, 0.717) is 5.69 Å². The Hall–Kier alpha value is -2.62. The van der Waals surface area contributed by atoms with Crippen molar-refractivity contribution in [1.29, 1.82) is 0 Å².